The third-order valence-electron chi connectivity index (χ3n) is 3.48. The second-order valence-electron chi connectivity index (χ2n) is 4.88. The molecule has 0 heterocycles. The number of benzene rings is 2. The van der Waals surface area contributed by atoms with Gasteiger partial charge in [-0.3, -0.25) is 0 Å². The highest BCUT2D eigenvalue weighted by molar-refractivity contribution is 5.40. The van der Waals surface area contributed by atoms with Gasteiger partial charge in [0.2, 0.25) is 0 Å². The molecule has 2 aromatic rings. The Bertz CT molecular complexity index is 628. The lowest BCUT2D eigenvalue weighted by molar-refractivity contribution is 0.410. The number of hydrogen-bond acceptors (Lipinski definition) is 2. The van der Waals surface area contributed by atoms with Crippen molar-refractivity contribution in [2.75, 3.05) is 13.7 Å². The van der Waals surface area contributed by atoms with Gasteiger partial charge in [-0.1, -0.05) is 19.1 Å². The molecular formula is C17H19F2NO. The first-order valence-corrected chi connectivity index (χ1v) is 6.89. The summed E-state index contributed by atoms with van der Waals surface area (Å²) in [5, 5.41) is 3.21. The van der Waals surface area contributed by atoms with Crippen LogP contribution in [0.1, 0.15) is 29.7 Å². The molecular weight excluding hydrogens is 272 g/mol. The molecule has 0 aliphatic carbocycles. The summed E-state index contributed by atoms with van der Waals surface area (Å²) in [6, 6.07) is 8.89. The summed E-state index contributed by atoms with van der Waals surface area (Å²) in [7, 11) is 1.49. The Morgan fingerprint density at radius 3 is 2.48 bits per heavy atom. The molecule has 21 heavy (non-hydrogen) atoms. The molecule has 0 amide bonds. The molecule has 1 atom stereocenters. The van der Waals surface area contributed by atoms with E-state index in [4.69, 9.17) is 4.74 Å². The molecule has 0 aromatic heterocycles. The van der Waals surface area contributed by atoms with E-state index in [1.165, 1.54) is 25.3 Å². The maximum Gasteiger partial charge on any atom is 0.132 e. The quantitative estimate of drug-likeness (QED) is 0.899. The van der Waals surface area contributed by atoms with Gasteiger partial charge in [-0.25, -0.2) is 8.78 Å². The second-order valence-corrected chi connectivity index (χ2v) is 4.88. The molecule has 2 aromatic carbocycles. The molecule has 1 unspecified atom stereocenters. The summed E-state index contributed by atoms with van der Waals surface area (Å²) in [6.45, 7) is 4.47. The maximum absolute atomic E-state index is 14.3. The van der Waals surface area contributed by atoms with Gasteiger partial charge in [-0.05, 0) is 42.8 Å². The summed E-state index contributed by atoms with van der Waals surface area (Å²) < 4.78 is 32.9. The van der Waals surface area contributed by atoms with E-state index in [0.717, 1.165) is 11.1 Å². The van der Waals surface area contributed by atoms with Gasteiger partial charge in [0.25, 0.3) is 0 Å². The fraction of sp³-hybridized carbons (Fsp3) is 0.294. The van der Waals surface area contributed by atoms with E-state index >= 15 is 0 Å². The van der Waals surface area contributed by atoms with Gasteiger partial charge in [0.1, 0.15) is 17.4 Å². The van der Waals surface area contributed by atoms with Crippen LogP contribution in [0.2, 0.25) is 0 Å². The summed E-state index contributed by atoms with van der Waals surface area (Å²) in [4.78, 5) is 0. The van der Waals surface area contributed by atoms with E-state index < -0.39 is 6.04 Å². The third kappa shape index (κ3) is 3.39. The molecule has 4 heteroatoms. The first-order valence-electron chi connectivity index (χ1n) is 6.89. The molecule has 0 saturated heterocycles. The molecule has 112 valence electrons. The van der Waals surface area contributed by atoms with E-state index in [1.807, 2.05) is 13.8 Å². The lowest BCUT2D eigenvalue weighted by atomic mass is 9.94. The predicted molar refractivity (Wildman–Crippen MR) is 79.6 cm³/mol. The van der Waals surface area contributed by atoms with Crippen LogP contribution < -0.4 is 10.1 Å². The average Bonchev–Trinajstić information content (AvgIpc) is 2.48. The summed E-state index contributed by atoms with van der Waals surface area (Å²) in [5.74, 6) is -0.237. The average molecular weight is 291 g/mol. The van der Waals surface area contributed by atoms with Crippen molar-refractivity contribution in [3.63, 3.8) is 0 Å². The number of methoxy groups -OCH3 is 1. The topological polar surface area (TPSA) is 21.3 Å². The molecule has 0 saturated carbocycles. The maximum atomic E-state index is 14.3. The zero-order valence-corrected chi connectivity index (χ0v) is 12.4. The minimum absolute atomic E-state index is 0.326. The Balaban J connectivity index is 2.50. The van der Waals surface area contributed by atoms with Crippen LogP contribution in [0.15, 0.2) is 36.4 Å². The molecule has 1 N–H and O–H groups in total. The number of aryl methyl sites for hydroxylation is 1. The molecule has 0 aliphatic heterocycles. The summed E-state index contributed by atoms with van der Waals surface area (Å²) in [5.41, 5.74) is 2.13. The van der Waals surface area contributed by atoms with Crippen molar-refractivity contribution in [1.29, 1.82) is 0 Å². The minimum Gasteiger partial charge on any atom is -0.497 e. The zero-order chi connectivity index (χ0) is 15.4. The van der Waals surface area contributed by atoms with E-state index in [9.17, 15) is 8.78 Å². The van der Waals surface area contributed by atoms with Crippen LogP contribution in [0.25, 0.3) is 0 Å². The van der Waals surface area contributed by atoms with Crippen LogP contribution in [-0.4, -0.2) is 13.7 Å². The Morgan fingerprint density at radius 1 is 1.10 bits per heavy atom. The van der Waals surface area contributed by atoms with Gasteiger partial charge < -0.3 is 10.1 Å². The van der Waals surface area contributed by atoms with E-state index in [-0.39, 0.29) is 11.6 Å². The van der Waals surface area contributed by atoms with Crippen LogP contribution in [0.4, 0.5) is 8.78 Å². The number of rotatable bonds is 5. The van der Waals surface area contributed by atoms with Gasteiger partial charge in [0.05, 0.1) is 13.2 Å². The second kappa shape index (κ2) is 6.68. The first kappa shape index (κ1) is 15.4. The first-order chi connectivity index (χ1) is 10.1. The Hall–Kier alpha value is -1.94. The number of hydrogen-bond donors (Lipinski definition) is 1. The van der Waals surface area contributed by atoms with Crippen molar-refractivity contribution in [2.45, 2.75) is 19.9 Å². The van der Waals surface area contributed by atoms with Crippen molar-refractivity contribution < 1.29 is 13.5 Å². The van der Waals surface area contributed by atoms with Crippen molar-refractivity contribution in [2.24, 2.45) is 0 Å². The van der Waals surface area contributed by atoms with Gasteiger partial charge in [0, 0.05) is 11.6 Å². The van der Waals surface area contributed by atoms with Crippen LogP contribution >= 0.6 is 0 Å². The SMILES string of the molecule is CCNC(c1cc(F)ccc1C)c1ccc(OC)cc1F. The largest absolute Gasteiger partial charge is 0.497 e. The standard InChI is InChI=1S/C17H19F2NO/c1-4-20-17(15-9-12(18)6-5-11(15)2)14-8-7-13(21-3)10-16(14)19/h5-10,17,20H,4H2,1-3H3. The highest BCUT2D eigenvalue weighted by Crippen LogP contribution is 2.29. The Kier molecular flexibility index (Phi) is 4.91. The Morgan fingerprint density at radius 2 is 1.86 bits per heavy atom. The fourth-order valence-electron chi connectivity index (χ4n) is 2.38. The lowest BCUT2D eigenvalue weighted by Crippen LogP contribution is -2.24. The van der Waals surface area contributed by atoms with Crippen LogP contribution in [-0.2, 0) is 0 Å². The Labute approximate surface area is 123 Å². The van der Waals surface area contributed by atoms with Gasteiger partial charge in [-0.2, -0.15) is 0 Å². The van der Waals surface area contributed by atoms with Crippen LogP contribution in [0.3, 0.4) is 0 Å². The summed E-state index contributed by atoms with van der Waals surface area (Å²) >= 11 is 0. The monoisotopic (exact) mass is 291 g/mol. The van der Waals surface area contributed by atoms with Crippen LogP contribution in [0, 0.1) is 18.6 Å². The third-order valence-corrected chi connectivity index (χ3v) is 3.48. The number of nitrogens with one attached hydrogen (secondary N) is 1. The van der Waals surface area contributed by atoms with Crippen molar-refractivity contribution in [1.82, 2.24) is 5.32 Å². The van der Waals surface area contributed by atoms with Gasteiger partial charge >= 0.3 is 0 Å². The van der Waals surface area contributed by atoms with Gasteiger partial charge in [0.15, 0.2) is 0 Å². The molecule has 0 spiro atoms. The fourth-order valence-corrected chi connectivity index (χ4v) is 2.38. The van der Waals surface area contributed by atoms with E-state index in [1.54, 1.807) is 18.2 Å². The number of halogens is 2. The molecule has 0 fully saturated rings. The van der Waals surface area contributed by atoms with Crippen molar-refractivity contribution in [3.05, 3.63) is 64.7 Å². The number of ether oxygens (including phenoxy) is 1. The minimum atomic E-state index is -0.392. The highest BCUT2D eigenvalue weighted by atomic mass is 19.1. The smallest absolute Gasteiger partial charge is 0.132 e. The predicted octanol–water partition coefficient (Wildman–Crippen LogP) is 3.98. The van der Waals surface area contributed by atoms with Crippen LogP contribution in [0.5, 0.6) is 5.75 Å². The zero-order valence-electron chi connectivity index (χ0n) is 12.4. The van der Waals surface area contributed by atoms with E-state index in [0.29, 0.717) is 17.9 Å². The highest BCUT2D eigenvalue weighted by Gasteiger charge is 2.19. The molecule has 0 aliphatic rings. The van der Waals surface area contributed by atoms with E-state index in [2.05, 4.69) is 5.32 Å². The van der Waals surface area contributed by atoms with Gasteiger partial charge in [-0.15, -0.1) is 0 Å². The molecule has 0 radical (unpaired) electrons. The molecule has 2 nitrogen and oxygen atoms in total. The summed E-state index contributed by atoms with van der Waals surface area (Å²) in [6.07, 6.45) is 0. The lowest BCUT2D eigenvalue weighted by Gasteiger charge is -2.22. The van der Waals surface area contributed by atoms with Crippen molar-refractivity contribution in [3.8, 4) is 5.75 Å². The molecule has 2 rings (SSSR count). The van der Waals surface area contributed by atoms with Crippen molar-refractivity contribution >= 4 is 0 Å². The normalized spacial score (nSPS) is 12.2. The molecule has 0 bridgehead atoms.